The Morgan fingerprint density at radius 3 is 2.73 bits per heavy atom. The fourth-order valence-corrected chi connectivity index (χ4v) is 4.36. The highest BCUT2D eigenvalue weighted by atomic mass is 19.1. The molecule has 3 aromatic rings. The summed E-state index contributed by atoms with van der Waals surface area (Å²) in [5.41, 5.74) is 1.81. The van der Waals surface area contributed by atoms with Crippen LogP contribution in [-0.4, -0.2) is 60.4 Å². The van der Waals surface area contributed by atoms with Crippen LogP contribution in [0.3, 0.4) is 0 Å². The molecule has 3 aromatic heterocycles. The van der Waals surface area contributed by atoms with Crippen molar-refractivity contribution in [1.82, 2.24) is 34.8 Å². The Balaban J connectivity index is 1.25. The molecule has 5 heterocycles. The average Bonchev–Trinajstić information content (AvgIpc) is 3.50. The second-order valence-corrected chi connectivity index (χ2v) is 8.35. The van der Waals surface area contributed by atoms with E-state index in [1.165, 1.54) is 17.5 Å². The van der Waals surface area contributed by atoms with Crippen molar-refractivity contribution < 1.29 is 14.0 Å². The van der Waals surface area contributed by atoms with E-state index in [2.05, 4.69) is 29.9 Å². The van der Waals surface area contributed by atoms with Crippen LogP contribution in [0, 0.1) is 18.7 Å². The number of anilines is 1. The van der Waals surface area contributed by atoms with Crippen molar-refractivity contribution in [3.8, 4) is 11.5 Å². The van der Waals surface area contributed by atoms with E-state index in [0.717, 1.165) is 5.69 Å². The summed E-state index contributed by atoms with van der Waals surface area (Å²) >= 11 is 0. The van der Waals surface area contributed by atoms with Gasteiger partial charge in [0.05, 0.1) is 18.3 Å². The lowest BCUT2D eigenvalue weighted by molar-refractivity contribution is -0.182. The number of nitrogens with zero attached hydrogens (tertiary/aromatic N) is 8. The molecule has 0 radical (unpaired) electrons. The number of hydroxylamine groups is 2. The zero-order chi connectivity index (χ0) is 22.9. The van der Waals surface area contributed by atoms with Gasteiger partial charge in [0.2, 0.25) is 11.9 Å². The summed E-state index contributed by atoms with van der Waals surface area (Å²) < 4.78 is 15.7. The van der Waals surface area contributed by atoms with Crippen LogP contribution in [0.15, 0.2) is 30.9 Å². The molecular weight excluding hydrogens is 427 g/mol. The molecule has 1 amide bonds. The van der Waals surface area contributed by atoms with Gasteiger partial charge in [-0.25, -0.2) is 19.4 Å². The summed E-state index contributed by atoms with van der Waals surface area (Å²) in [4.78, 5) is 38.3. The smallest absolute Gasteiger partial charge is 0.249 e. The van der Waals surface area contributed by atoms with Gasteiger partial charge in [-0.3, -0.25) is 19.3 Å². The molecule has 2 aliphatic heterocycles. The van der Waals surface area contributed by atoms with Gasteiger partial charge in [0.1, 0.15) is 17.8 Å². The molecule has 2 fully saturated rings. The van der Waals surface area contributed by atoms with Crippen LogP contribution >= 0.6 is 0 Å². The lowest BCUT2D eigenvalue weighted by Crippen LogP contribution is -2.42. The monoisotopic (exact) mass is 452 g/mol. The maximum absolute atomic E-state index is 14.0. The van der Waals surface area contributed by atoms with Gasteiger partial charge in [0, 0.05) is 44.9 Å². The first-order valence-electron chi connectivity index (χ1n) is 11.0. The molecule has 1 atom stereocenters. The van der Waals surface area contributed by atoms with E-state index in [9.17, 15) is 9.18 Å². The van der Waals surface area contributed by atoms with Crippen molar-refractivity contribution in [2.45, 2.75) is 32.2 Å². The van der Waals surface area contributed by atoms with E-state index in [1.54, 1.807) is 24.0 Å². The minimum Gasteiger partial charge on any atom is -0.341 e. The quantitative estimate of drug-likeness (QED) is 0.594. The Kier molecular flexibility index (Phi) is 5.71. The molecule has 11 heteroatoms. The molecule has 2 saturated heterocycles. The molecule has 33 heavy (non-hydrogen) atoms. The molecule has 0 spiro atoms. The van der Waals surface area contributed by atoms with Gasteiger partial charge in [-0.2, -0.15) is 10.1 Å². The number of carbonyl (C=O) groups excluding carboxylic acids is 1. The van der Waals surface area contributed by atoms with Crippen molar-refractivity contribution in [2.75, 3.05) is 24.6 Å². The van der Waals surface area contributed by atoms with Crippen LogP contribution in [0.2, 0.25) is 0 Å². The lowest BCUT2D eigenvalue weighted by atomic mass is 9.95. The fourth-order valence-electron chi connectivity index (χ4n) is 4.36. The van der Waals surface area contributed by atoms with Crippen molar-refractivity contribution in [3.63, 3.8) is 0 Å². The lowest BCUT2D eigenvalue weighted by Gasteiger charge is -2.34. The normalized spacial score (nSPS) is 19.3. The van der Waals surface area contributed by atoms with Gasteiger partial charge in [-0.05, 0) is 37.5 Å². The molecule has 0 aliphatic carbocycles. The zero-order valence-electron chi connectivity index (χ0n) is 18.6. The number of aromatic nitrogens is 6. The van der Waals surface area contributed by atoms with Gasteiger partial charge in [0.25, 0.3) is 0 Å². The molecule has 0 saturated carbocycles. The van der Waals surface area contributed by atoms with Crippen LogP contribution in [0.4, 0.5) is 10.3 Å². The van der Waals surface area contributed by atoms with E-state index in [-0.39, 0.29) is 23.7 Å². The Labute approximate surface area is 190 Å². The summed E-state index contributed by atoms with van der Waals surface area (Å²) in [5, 5.41) is 5.59. The Hall–Kier alpha value is -3.47. The highest BCUT2D eigenvalue weighted by Crippen LogP contribution is 2.34. The predicted molar refractivity (Wildman–Crippen MR) is 116 cm³/mol. The van der Waals surface area contributed by atoms with E-state index in [4.69, 9.17) is 4.84 Å². The van der Waals surface area contributed by atoms with Gasteiger partial charge in [-0.1, -0.05) is 0 Å². The van der Waals surface area contributed by atoms with Gasteiger partial charge < -0.3 is 4.90 Å². The molecule has 10 nitrogen and oxygen atoms in total. The molecular formula is C22H25FN8O2. The van der Waals surface area contributed by atoms with Gasteiger partial charge in [-0.15, -0.1) is 0 Å². The van der Waals surface area contributed by atoms with E-state index < -0.39 is 0 Å². The summed E-state index contributed by atoms with van der Waals surface area (Å²) in [6, 6.07) is 2.99. The van der Waals surface area contributed by atoms with Crippen LogP contribution in [-0.2, 0) is 16.7 Å². The Morgan fingerprint density at radius 2 is 2.00 bits per heavy atom. The highest BCUT2D eigenvalue weighted by molar-refractivity contribution is 5.79. The number of aryl methyl sites for hydroxylation is 2. The third-order valence-electron chi connectivity index (χ3n) is 6.29. The van der Waals surface area contributed by atoms with E-state index >= 15 is 0 Å². The first kappa shape index (κ1) is 21.4. The molecule has 0 N–H and O–H groups in total. The number of halogens is 1. The third kappa shape index (κ3) is 4.15. The maximum atomic E-state index is 14.0. The second kappa shape index (κ2) is 8.81. The number of carbonyl (C=O) groups is 1. The molecule has 0 unspecified atom stereocenters. The second-order valence-electron chi connectivity index (χ2n) is 8.35. The number of hydrogen-bond donors (Lipinski definition) is 0. The van der Waals surface area contributed by atoms with Crippen molar-refractivity contribution in [3.05, 3.63) is 47.9 Å². The molecule has 2 aliphatic rings. The van der Waals surface area contributed by atoms with Crippen molar-refractivity contribution in [2.24, 2.45) is 13.0 Å². The van der Waals surface area contributed by atoms with Crippen LogP contribution < -0.4 is 4.90 Å². The maximum Gasteiger partial charge on any atom is 0.249 e. The average molecular weight is 452 g/mol. The largest absolute Gasteiger partial charge is 0.341 e. The predicted octanol–water partition coefficient (Wildman–Crippen LogP) is 2.24. The first-order valence-corrected chi connectivity index (χ1v) is 11.0. The van der Waals surface area contributed by atoms with Crippen LogP contribution in [0.25, 0.3) is 11.5 Å². The van der Waals surface area contributed by atoms with Gasteiger partial charge >= 0.3 is 0 Å². The minimum absolute atomic E-state index is 0.0654. The number of rotatable bonds is 4. The third-order valence-corrected chi connectivity index (χ3v) is 6.29. The van der Waals surface area contributed by atoms with Crippen LogP contribution in [0.1, 0.15) is 36.6 Å². The zero-order valence-corrected chi connectivity index (χ0v) is 18.6. The van der Waals surface area contributed by atoms with Gasteiger partial charge in [0.15, 0.2) is 5.82 Å². The van der Waals surface area contributed by atoms with Crippen molar-refractivity contribution in [1.29, 1.82) is 0 Å². The Bertz CT molecular complexity index is 1160. The summed E-state index contributed by atoms with van der Waals surface area (Å²) in [7, 11) is 1.84. The highest BCUT2D eigenvalue weighted by Gasteiger charge is 2.37. The standard InChI is InChI=1S/C22H25FN8O2/c1-14-17(23)11-16(12-24-14)18-6-10-33-31(18)21(32)15-4-8-30(9-5-15)22-26-13-25-20(28-22)19-3-7-27-29(19)2/h3,7,11-13,15,18H,4-6,8-10H2,1-2H3/t18-/m0/s1. The number of amides is 1. The van der Waals surface area contributed by atoms with Crippen LogP contribution in [0.5, 0.6) is 0 Å². The number of piperidine rings is 1. The fraction of sp³-hybridized carbons (Fsp3) is 0.455. The Morgan fingerprint density at radius 1 is 1.18 bits per heavy atom. The molecule has 0 aromatic carbocycles. The topological polar surface area (TPSA) is 102 Å². The molecule has 172 valence electrons. The van der Waals surface area contributed by atoms with E-state index in [0.29, 0.717) is 62.0 Å². The number of pyridine rings is 1. The summed E-state index contributed by atoms with van der Waals surface area (Å²) in [5.74, 6) is 0.532. The minimum atomic E-state index is -0.372. The molecule has 5 rings (SSSR count). The summed E-state index contributed by atoms with van der Waals surface area (Å²) in [6.45, 7) is 3.33. The summed E-state index contributed by atoms with van der Waals surface area (Å²) in [6.07, 6.45) is 6.75. The number of hydrogen-bond acceptors (Lipinski definition) is 8. The molecule has 0 bridgehead atoms. The first-order chi connectivity index (χ1) is 16.0. The van der Waals surface area contributed by atoms with E-state index in [1.807, 2.05) is 13.1 Å². The SMILES string of the molecule is Cc1ncc([C@@H]2CCON2C(=O)C2CCN(c3ncnc(-c4ccnn4C)n3)CC2)cc1F. The van der Waals surface area contributed by atoms with Crippen molar-refractivity contribution >= 4 is 11.9 Å².